The van der Waals surface area contributed by atoms with Crippen molar-refractivity contribution in [1.82, 2.24) is 20.5 Å². The second-order valence-electron chi connectivity index (χ2n) is 7.94. The molecule has 0 aliphatic carbocycles. The molecule has 2 aliphatic heterocycles. The SMILES string of the molecule is CCNC(=NCc1cccnc1N1CCOCC1)NCC(c1cccs1)N1CCCC1.I. The smallest absolute Gasteiger partial charge is 0.191 e. The lowest BCUT2D eigenvalue weighted by molar-refractivity contribution is 0.122. The fraction of sp³-hybridized carbons (Fsp3) is 0.565. The Kier molecular flexibility index (Phi) is 10.5. The summed E-state index contributed by atoms with van der Waals surface area (Å²) in [6.45, 7) is 10.0. The molecule has 0 amide bonds. The lowest BCUT2D eigenvalue weighted by atomic mass is 10.2. The number of aliphatic imine (C=N–C) groups is 1. The third kappa shape index (κ3) is 6.79. The highest BCUT2D eigenvalue weighted by Gasteiger charge is 2.24. The van der Waals surface area contributed by atoms with Crippen LogP contribution in [-0.2, 0) is 11.3 Å². The number of ether oxygens (including phenoxy) is 1. The van der Waals surface area contributed by atoms with E-state index < -0.39 is 0 Å². The van der Waals surface area contributed by atoms with Gasteiger partial charge in [0, 0.05) is 42.8 Å². The number of aromatic nitrogens is 1. The molecule has 2 aromatic rings. The Morgan fingerprint density at radius 2 is 1.97 bits per heavy atom. The molecule has 1 atom stereocenters. The summed E-state index contributed by atoms with van der Waals surface area (Å²) in [5.41, 5.74) is 1.15. The van der Waals surface area contributed by atoms with Crippen LogP contribution in [0.25, 0.3) is 0 Å². The van der Waals surface area contributed by atoms with Gasteiger partial charge in [0.15, 0.2) is 5.96 Å². The number of morpholine rings is 1. The second-order valence-corrected chi connectivity index (χ2v) is 8.92. The van der Waals surface area contributed by atoms with E-state index in [4.69, 9.17) is 9.73 Å². The lowest BCUT2D eigenvalue weighted by Crippen LogP contribution is -2.42. The van der Waals surface area contributed by atoms with Crippen LogP contribution in [-0.4, -0.2) is 68.3 Å². The third-order valence-corrected chi connectivity index (χ3v) is 6.82. The van der Waals surface area contributed by atoms with Crippen molar-refractivity contribution in [1.29, 1.82) is 0 Å². The number of rotatable bonds is 8. The molecule has 32 heavy (non-hydrogen) atoms. The number of hydrogen-bond acceptors (Lipinski definition) is 6. The molecule has 2 saturated heterocycles. The molecule has 9 heteroatoms. The van der Waals surface area contributed by atoms with Crippen molar-refractivity contribution in [2.75, 3.05) is 57.4 Å². The van der Waals surface area contributed by atoms with E-state index in [2.05, 4.69) is 55.9 Å². The van der Waals surface area contributed by atoms with Crippen LogP contribution >= 0.6 is 35.3 Å². The van der Waals surface area contributed by atoms with Crippen LogP contribution in [0, 0.1) is 0 Å². The Labute approximate surface area is 212 Å². The molecule has 1 unspecified atom stereocenters. The van der Waals surface area contributed by atoms with Gasteiger partial charge in [0.2, 0.25) is 0 Å². The van der Waals surface area contributed by atoms with Gasteiger partial charge in [-0.2, -0.15) is 0 Å². The van der Waals surface area contributed by atoms with E-state index in [0.29, 0.717) is 12.6 Å². The Hall–Kier alpha value is -1.43. The van der Waals surface area contributed by atoms with Gasteiger partial charge in [-0.05, 0) is 50.4 Å². The largest absolute Gasteiger partial charge is 0.378 e. The molecule has 2 aliphatic rings. The number of thiophene rings is 1. The van der Waals surface area contributed by atoms with E-state index >= 15 is 0 Å². The number of guanidine groups is 1. The van der Waals surface area contributed by atoms with Crippen molar-refractivity contribution in [2.45, 2.75) is 32.4 Å². The lowest BCUT2D eigenvalue weighted by Gasteiger charge is -2.29. The Morgan fingerprint density at radius 1 is 1.16 bits per heavy atom. The molecular weight excluding hydrogens is 535 g/mol. The Bertz CT molecular complexity index is 822. The van der Waals surface area contributed by atoms with E-state index in [0.717, 1.165) is 56.7 Å². The molecule has 0 aromatic carbocycles. The van der Waals surface area contributed by atoms with Gasteiger partial charge in [0.25, 0.3) is 0 Å². The first-order valence-electron chi connectivity index (χ1n) is 11.4. The Balaban J connectivity index is 0.00000289. The normalized spacial score (nSPS) is 18.3. The molecule has 0 spiro atoms. The average molecular weight is 571 g/mol. The van der Waals surface area contributed by atoms with Gasteiger partial charge in [-0.1, -0.05) is 12.1 Å². The van der Waals surface area contributed by atoms with Crippen LogP contribution in [0.4, 0.5) is 5.82 Å². The van der Waals surface area contributed by atoms with Crippen LogP contribution in [0.1, 0.15) is 36.2 Å². The maximum atomic E-state index is 5.50. The average Bonchev–Trinajstić information content (AvgIpc) is 3.54. The highest BCUT2D eigenvalue weighted by Crippen LogP contribution is 2.27. The highest BCUT2D eigenvalue weighted by atomic mass is 127. The number of pyridine rings is 1. The minimum absolute atomic E-state index is 0. The van der Waals surface area contributed by atoms with E-state index in [1.165, 1.54) is 30.8 Å². The summed E-state index contributed by atoms with van der Waals surface area (Å²) in [5.74, 6) is 1.89. The van der Waals surface area contributed by atoms with E-state index in [1.807, 2.05) is 23.6 Å². The monoisotopic (exact) mass is 570 g/mol. The zero-order valence-electron chi connectivity index (χ0n) is 18.8. The summed E-state index contributed by atoms with van der Waals surface area (Å²) in [6, 6.07) is 8.93. The van der Waals surface area contributed by atoms with Crippen molar-refractivity contribution >= 4 is 47.1 Å². The number of anilines is 1. The molecule has 2 N–H and O–H groups in total. The fourth-order valence-corrected chi connectivity index (χ4v) is 5.12. The first-order valence-corrected chi connectivity index (χ1v) is 12.3. The van der Waals surface area contributed by atoms with E-state index in [1.54, 1.807) is 0 Å². The van der Waals surface area contributed by atoms with Crippen LogP contribution in [0.2, 0.25) is 0 Å². The predicted molar refractivity (Wildman–Crippen MR) is 143 cm³/mol. The molecular formula is C23H35IN6OS. The molecule has 4 heterocycles. The van der Waals surface area contributed by atoms with Crippen LogP contribution in [0.15, 0.2) is 40.8 Å². The number of nitrogens with one attached hydrogen (secondary N) is 2. The number of hydrogen-bond donors (Lipinski definition) is 2. The van der Waals surface area contributed by atoms with Gasteiger partial charge < -0.3 is 20.3 Å². The molecule has 0 radical (unpaired) electrons. The van der Waals surface area contributed by atoms with Crippen molar-refractivity contribution in [3.05, 3.63) is 46.3 Å². The topological polar surface area (TPSA) is 65.0 Å². The zero-order valence-corrected chi connectivity index (χ0v) is 22.0. The van der Waals surface area contributed by atoms with Crippen molar-refractivity contribution in [3.8, 4) is 0 Å². The summed E-state index contributed by atoms with van der Waals surface area (Å²) in [7, 11) is 0. The summed E-state index contributed by atoms with van der Waals surface area (Å²) in [5, 5.41) is 9.19. The minimum atomic E-state index is 0. The van der Waals surface area contributed by atoms with Gasteiger partial charge >= 0.3 is 0 Å². The summed E-state index contributed by atoms with van der Waals surface area (Å²) in [4.78, 5) is 15.9. The standard InChI is InChI=1S/C23H34N6OS.HI/c1-2-24-23(27-18-20(21-8-6-16-31-21)28-10-3-4-11-28)26-17-19-7-5-9-25-22(19)29-12-14-30-15-13-29;/h5-9,16,20H,2-4,10-15,17-18H2,1H3,(H2,24,26,27);1H. The van der Waals surface area contributed by atoms with Crippen molar-refractivity contribution in [2.24, 2.45) is 4.99 Å². The summed E-state index contributed by atoms with van der Waals surface area (Å²) >= 11 is 1.84. The minimum Gasteiger partial charge on any atom is -0.378 e. The number of likely N-dealkylation sites (tertiary alicyclic amines) is 1. The molecule has 2 fully saturated rings. The first kappa shape index (κ1) is 25.2. The van der Waals surface area contributed by atoms with Gasteiger partial charge in [0.1, 0.15) is 5.82 Å². The number of nitrogens with zero attached hydrogens (tertiary/aromatic N) is 4. The van der Waals surface area contributed by atoms with E-state index in [-0.39, 0.29) is 24.0 Å². The van der Waals surface area contributed by atoms with Crippen LogP contribution in [0.5, 0.6) is 0 Å². The van der Waals surface area contributed by atoms with E-state index in [9.17, 15) is 0 Å². The quantitative estimate of drug-likeness (QED) is 0.288. The Morgan fingerprint density at radius 3 is 2.69 bits per heavy atom. The molecule has 176 valence electrons. The molecule has 0 saturated carbocycles. The summed E-state index contributed by atoms with van der Waals surface area (Å²) in [6.07, 6.45) is 4.45. The first-order chi connectivity index (χ1) is 15.3. The fourth-order valence-electron chi connectivity index (χ4n) is 4.26. The number of halogens is 1. The highest BCUT2D eigenvalue weighted by molar-refractivity contribution is 14.0. The maximum Gasteiger partial charge on any atom is 0.191 e. The molecule has 4 rings (SSSR count). The predicted octanol–water partition coefficient (Wildman–Crippen LogP) is 3.49. The third-order valence-electron chi connectivity index (χ3n) is 5.85. The second kappa shape index (κ2) is 13.3. The van der Waals surface area contributed by atoms with Crippen molar-refractivity contribution in [3.63, 3.8) is 0 Å². The van der Waals surface area contributed by atoms with Crippen LogP contribution in [0.3, 0.4) is 0 Å². The summed E-state index contributed by atoms with van der Waals surface area (Å²) < 4.78 is 5.50. The van der Waals surface area contributed by atoms with Crippen LogP contribution < -0.4 is 15.5 Å². The molecule has 7 nitrogen and oxygen atoms in total. The maximum absolute atomic E-state index is 5.50. The van der Waals surface area contributed by atoms with Gasteiger partial charge in [-0.15, -0.1) is 35.3 Å². The molecule has 0 bridgehead atoms. The molecule has 2 aromatic heterocycles. The zero-order chi connectivity index (χ0) is 21.3. The van der Waals surface area contributed by atoms with Gasteiger partial charge in [-0.3, -0.25) is 4.90 Å². The van der Waals surface area contributed by atoms with Crippen molar-refractivity contribution < 1.29 is 4.74 Å². The van der Waals surface area contributed by atoms with Gasteiger partial charge in [0.05, 0.1) is 25.8 Å². The van der Waals surface area contributed by atoms with Gasteiger partial charge in [-0.25, -0.2) is 9.98 Å².